The van der Waals surface area contributed by atoms with Crippen LogP contribution in [0.25, 0.3) is 5.69 Å². The number of aromatic nitrogens is 2. The number of halogens is 3. The smallest absolute Gasteiger partial charge is 0.406 e. The second-order valence-corrected chi connectivity index (χ2v) is 6.82. The maximum atomic E-state index is 13.1. The summed E-state index contributed by atoms with van der Waals surface area (Å²) in [4.78, 5) is 14.7. The number of hydrogen-bond acceptors (Lipinski definition) is 3. The van der Waals surface area contributed by atoms with Crippen LogP contribution in [0.2, 0.25) is 0 Å². The molecule has 3 aromatic rings. The van der Waals surface area contributed by atoms with E-state index in [0.717, 1.165) is 11.4 Å². The predicted molar refractivity (Wildman–Crippen MR) is 101 cm³/mol. The SMILES string of the molecule is Cc1cc(C(=O)N2CCCc3cc(OC(F)(F)F)ccc32)nn1-c1ccccc1. The van der Waals surface area contributed by atoms with E-state index < -0.39 is 6.36 Å². The van der Waals surface area contributed by atoms with Gasteiger partial charge >= 0.3 is 6.36 Å². The number of fused-ring (bicyclic) bond motifs is 1. The number of alkyl halides is 3. The van der Waals surface area contributed by atoms with Crippen LogP contribution < -0.4 is 9.64 Å². The first-order valence-corrected chi connectivity index (χ1v) is 9.14. The fourth-order valence-electron chi connectivity index (χ4n) is 3.53. The second kappa shape index (κ2) is 7.27. The van der Waals surface area contributed by atoms with Crippen LogP contribution in [0.5, 0.6) is 5.75 Å². The van der Waals surface area contributed by atoms with Crippen molar-refractivity contribution in [2.45, 2.75) is 26.1 Å². The van der Waals surface area contributed by atoms with Crippen LogP contribution in [0.1, 0.15) is 28.2 Å². The molecule has 2 heterocycles. The Labute approximate surface area is 165 Å². The summed E-state index contributed by atoms with van der Waals surface area (Å²) in [5, 5.41) is 4.45. The fraction of sp³-hybridized carbons (Fsp3) is 0.238. The lowest BCUT2D eigenvalue weighted by molar-refractivity contribution is -0.274. The number of nitrogens with zero attached hydrogens (tertiary/aromatic N) is 3. The summed E-state index contributed by atoms with van der Waals surface area (Å²) in [5.74, 6) is -0.567. The lowest BCUT2D eigenvalue weighted by Crippen LogP contribution is -2.35. The largest absolute Gasteiger partial charge is 0.573 e. The summed E-state index contributed by atoms with van der Waals surface area (Å²) in [6.07, 6.45) is -3.53. The molecule has 0 bridgehead atoms. The van der Waals surface area contributed by atoms with Crippen LogP contribution in [-0.2, 0) is 6.42 Å². The Bertz CT molecular complexity index is 1050. The van der Waals surface area contributed by atoms with Crippen molar-refractivity contribution in [2.75, 3.05) is 11.4 Å². The van der Waals surface area contributed by atoms with Crippen LogP contribution in [-0.4, -0.2) is 28.6 Å². The van der Waals surface area contributed by atoms with E-state index in [-0.39, 0.29) is 17.4 Å². The van der Waals surface area contributed by atoms with Crippen molar-refractivity contribution in [3.63, 3.8) is 0 Å². The van der Waals surface area contributed by atoms with Gasteiger partial charge in [-0.3, -0.25) is 4.79 Å². The summed E-state index contributed by atoms with van der Waals surface area (Å²) in [6.45, 7) is 2.34. The van der Waals surface area contributed by atoms with Gasteiger partial charge in [0, 0.05) is 17.9 Å². The van der Waals surface area contributed by atoms with Gasteiger partial charge in [0.1, 0.15) is 5.75 Å². The Morgan fingerprint density at radius 2 is 1.86 bits per heavy atom. The van der Waals surface area contributed by atoms with Crippen molar-refractivity contribution in [3.05, 3.63) is 71.5 Å². The van der Waals surface area contributed by atoms with Crippen LogP contribution in [0, 0.1) is 6.92 Å². The quantitative estimate of drug-likeness (QED) is 0.641. The molecule has 0 saturated carbocycles. The number of para-hydroxylation sites is 1. The average Bonchev–Trinajstić information content (AvgIpc) is 3.08. The molecular weight excluding hydrogens is 383 g/mol. The molecule has 4 rings (SSSR count). The molecule has 0 atom stereocenters. The van der Waals surface area contributed by atoms with Gasteiger partial charge in [-0.05, 0) is 61.7 Å². The van der Waals surface area contributed by atoms with Gasteiger partial charge in [-0.15, -0.1) is 13.2 Å². The molecule has 0 N–H and O–H groups in total. The lowest BCUT2D eigenvalue weighted by atomic mass is 10.0. The minimum absolute atomic E-state index is 0.283. The molecule has 29 heavy (non-hydrogen) atoms. The van der Waals surface area contributed by atoms with Crippen molar-refractivity contribution in [3.8, 4) is 11.4 Å². The molecule has 8 heteroatoms. The first-order chi connectivity index (χ1) is 13.8. The van der Waals surface area contributed by atoms with Crippen molar-refractivity contribution < 1.29 is 22.7 Å². The molecule has 1 aromatic heterocycles. The number of carbonyl (C=O) groups is 1. The number of amides is 1. The normalized spacial score (nSPS) is 13.9. The zero-order chi connectivity index (χ0) is 20.6. The van der Waals surface area contributed by atoms with Crippen LogP contribution in [0.3, 0.4) is 0 Å². The topological polar surface area (TPSA) is 47.4 Å². The van der Waals surface area contributed by atoms with Gasteiger partial charge in [0.25, 0.3) is 5.91 Å². The van der Waals surface area contributed by atoms with Crippen molar-refractivity contribution in [1.29, 1.82) is 0 Å². The molecule has 1 aliphatic heterocycles. The third kappa shape index (κ3) is 3.96. The molecule has 0 aliphatic carbocycles. The third-order valence-corrected chi connectivity index (χ3v) is 4.76. The molecule has 0 unspecified atom stereocenters. The lowest BCUT2D eigenvalue weighted by Gasteiger charge is -2.29. The number of ether oxygens (including phenoxy) is 1. The van der Waals surface area contributed by atoms with E-state index in [2.05, 4.69) is 9.84 Å². The van der Waals surface area contributed by atoms with Crippen LogP contribution >= 0.6 is 0 Å². The highest BCUT2D eigenvalue weighted by Crippen LogP contribution is 2.33. The van der Waals surface area contributed by atoms with E-state index in [0.29, 0.717) is 30.6 Å². The van der Waals surface area contributed by atoms with Crippen molar-refractivity contribution >= 4 is 11.6 Å². The summed E-state index contributed by atoms with van der Waals surface area (Å²) in [6, 6.07) is 15.2. The van der Waals surface area contributed by atoms with Gasteiger partial charge in [0.2, 0.25) is 0 Å². The highest BCUT2D eigenvalue weighted by atomic mass is 19.4. The van der Waals surface area contributed by atoms with Crippen molar-refractivity contribution in [2.24, 2.45) is 0 Å². The Balaban J connectivity index is 1.63. The number of aryl methyl sites for hydroxylation is 2. The van der Waals surface area contributed by atoms with E-state index in [4.69, 9.17) is 0 Å². The molecule has 0 radical (unpaired) electrons. The fourth-order valence-corrected chi connectivity index (χ4v) is 3.53. The van der Waals surface area contributed by atoms with Gasteiger partial charge in [-0.1, -0.05) is 18.2 Å². The van der Waals surface area contributed by atoms with E-state index in [1.807, 2.05) is 37.3 Å². The van der Waals surface area contributed by atoms with Crippen LogP contribution in [0.4, 0.5) is 18.9 Å². The summed E-state index contributed by atoms with van der Waals surface area (Å²) in [7, 11) is 0. The van der Waals surface area contributed by atoms with E-state index in [9.17, 15) is 18.0 Å². The van der Waals surface area contributed by atoms with E-state index >= 15 is 0 Å². The van der Waals surface area contributed by atoms with Gasteiger partial charge in [0.15, 0.2) is 5.69 Å². The first-order valence-electron chi connectivity index (χ1n) is 9.14. The Hall–Kier alpha value is -3.29. The highest BCUT2D eigenvalue weighted by Gasteiger charge is 2.32. The highest BCUT2D eigenvalue weighted by molar-refractivity contribution is 6.05. The summed E-state index contributed by atoms with van der Waals surface area (Å²) in [5.41, 5.74) is 3.17. The Morgan fingerprint density at radius 1 is 1.10 bits per heavy atom. The maximum absolute atomic E-state index is 13.1. The Morgan fingerprint density at radius 3 is 2.59 bits per heavy atom. The molecule has 0 fully saturated rings. The zero-order valence-electron chi connectivity index (χ0n) is 15.6. The molecule has 0 saturated heterocycles. The monoisotopic (exact) mass is 401 g/mol. The number of hydrogen-bond donors (Lipinski definition) is 0. The molecule has 0 spiro atoms. The minimum Gasteiger partial charge on any atom is -0.406 e. The second-order valence-electron chi connectivity index (χ2n) is 6.82. The number of anilines is 1. The standard InChI is InChI=1S/C21H18F3N3O2/c1-14-12-18(25-27(14)16-7-3-2-4-8-16)20(28)26-11-5-6-15-13-17(9-10-19(15)26)29-21(22,23)24/h2-4,7-10,12-13H,5-6,11H2,1H3. The molecular formula is C21H18F3N3O2. The molecule has 5 nitrogen and oxygen atoms in total. The van der Waals surface area contributed by atoms with Gasteiger partial charge < -0.3 is 9.64 Å². The third-order valence-electron chi connectivity index (χ3n) is 4.76. The van der Waals surface area contributed by atoms with Gasteiger partial charge in [-0.2, -0.15) is 5.10 Å². The van der Waals surface area contributed by atoms with Crippen molar-refractivity contribution in [1.82, 2.24) is 9.78 Å². The van der Waals surface area contributed by atoms with Gasteiger partial charge in [-0.25, -0.2) is 4.68 Å². The molecule has 1 amide bonds. The molecule has 1 aliphatic rings. The molecule has 150 valence electrons. The number of rotatable bonds is 3. The summed E-state index contributed by atoms with van der Waals surface area (Å²) < 4.78 is 43.1. The number of benzene rings is 2. The minimum atomic E-state index is -4.75. The van der Waals surface area contributed by atoms with Gasteiger partial charge in [0.05, 0.1) is 5.69 Å². The van der Waals surface area contributed by atoms with E-state index in [1.54, 1.807) is 15.6 Å². The summed E-state index contributed by atoms with van der Waals surface area (Å²) >= 11 is 0. The number of carbonyl (C=O) groups excluding carboxylic acids is 1. The van der Waals surface area contributed by atoms with Crippen LogP contribution in [0.15, 0.2) is 54.6 Å². The van der Waals surface area contributed by atoms with E-state index in [1.165, 1.54) is 18.2 Å². The zero-order valence-corrected chi connectivity index (χ0v) is 15.6. The predicted octanol–water partition coefficient (Wildman–Crippen LogP) is 4.67. The Kier molecular flexibility index (Phi) is 4.77. The first kappa shape index (κ1) is 19.0. The maximum Gasteiger partial charge on any atom is 0.573 e. The average molecular weight is 401 g/mol. The molecule has 2 aromatic carbocycles.